The number of piperidine rings is 1. The number of amides is 1. The van der Waals surface area contributed by atoms with Crippen LogP contribution in [0.2, 0.25) is 5.15 Å². The Bertz CT molecular complexity index is 531. The third kappa shape index (κ3) is 3.13. The van der Waals surface area contributed by atoms with E-state index in [0.717, 1.165) is 0 Å². The van der Waals surface area contributed by atoms with Gasteiger partial charge in [0.15, 0.2) is 0 Å². The number of aromatic nitrogens is 2. The zero-order valence-corrected chi connectivity index (χ0v) is 11.6. The maximum atomic E-state index is 11.1. The highest BCUT2D eigenvalue weighted by Crippen LogP contribution is 2.32. The molecule has 1 saturated heterocycles. The number of nitrogens with one attached hydrogen (secondary N) is 1. The zero-order valence-electron chi connectivity index (χ0n) is 10.9. The molecular weight excluding hydrogens is 286 g/mol. The second-order valence-electron chi connectivity index (χ2n) is 4.56. The van der Waals surface area contributed by atoms with Crippen LogP contribution in [0.3, 0.4) is 0 Å². The number of halogens is 1. The maximum absolute atomic E-state index is 11.1. The number of nitro groups is 1. The van der Waals surface area contributed by atoms with Crippen LogP contribution in [0.25, 0.3) is 0 Å². The predicted molar refractivity (Wildman–Crippen MR) is 72.7 cm³/mol. The molecule has 0 aromatic carbocycles. The number of carbonyl (C=O) groups is 1. The van der Waals surface area contributed by atoms with E-state index in [4.69, 9.17) is 11.6 Å². The SMILES string of the molecule is CC(=O)NC1CCN(c2ncnc(Cl)c2[N+](=O)[O-])CC1. The van der Waals surface area contributed by atoms with Crippen LogP contribution in [-0.2, 0) is 4.79 Å². The summed E-state index contributed by atoms with van der Waals surface area (Å²) in [5, 5.41) is 13.7. The van der Waals surface area contributed by atoms with E-state index >= 15 is 0 Å². The summed E-state index contributed by atoms with van der Waals surface area (Å²) in [6, 6.07) is 0.0973. The van der Waals surface area contributed by atoms with Crippen LogP contribution < -0.4 is 10.2 Å². The molecule has 1 amide bonds. The lowest BCUT2D eigenvalue weighted by Crippen LogP contribution is -2.44. The van der Waals surface area contributed by atoms with E-state index in [9.17, 15) is 14.9 Å². The Morgan fingerprint density at radius 2 is 2.15 bits per heavy atom. The molecule has 108 valence electrons. The summed E-state index contributed by atoms with van der Waals surface area (Å²) in [5.41, 5.74) is -0.271. The standard InChI is InChI=1S/C11H14ClN5O3/c1-7(18)15-8-2-4-16(5-3-8)11-9(17(19)20)10(12)13-6-14-11/h6,8H,2-5H2,1H3,(H,15,18). The fourth-order valence-electron chi connectivity index (χ4n) is 2.26. The fourth-order valence-corrected chi connectivity index (χ4v) is 2.46. The molecule has 1 aromatic rings. The van der Waals surface area contributed by atoms with E-state index in [1.54, 1.807) is 4.90 Å². The Labute approximate surface area is 120 Å². The Kier molecular flexibility index (Phi) is 4.33. The van der Waals surface area contributed by atoms with Crippen molar-refractivity contribution in [2.24, 2.45) is 0 Å². The van der Waals surface area contributed by atoms with Gasteiger partial charge in [0.05, 0.1) is 4.92 Å². The minimum Gasteiger partial charge on any atom is -0.353 e. The van der Waals surface area contributed by atoms with E-state index < -0.39 is 4.92 Å². The van der Waals surface area contributed by atoms with E-state index in [1.807, 2.05) is 0 Å². The average molecular weight is 300 g/mol. The van der Waals surface area contributed by atoms with Gasteiger partial charge in [-0.15, -0.1) is 0 Å². The average Bonchev–Trinajstić information content (AvgIpc) is 2.38. The monoisotopic (exact) mass is 299 g/mol. The topological polar surface area (TPSA) is 101 Å². The molecule has 0 saturated carbocycles. The van der Waals surface area contributed by atoms with Crippen LogP contribution in [0, 0.1) is 10.1 Å². The first-order valence-corrected chi connectivity index (χ1v) is 6.53. The van der Waals surface area contributed by atoms with Crippen molar-refractivity contribution in [2.45, 2.75) is 25.8 Å². The molecule has 1 N–H and O–H groups in total. The first-order valence-electron chi connectivity index (χ1n) is 6.16. The minimum absolute atomic E-state index is 0.0699. The van der Waals surface area contributed by atoms with E-state index in [1.165, 1.54) is 13.3 Å². The summed E-state index contributed by atoms with van der Waals surface area (Å²) in [4.78, 5) is 30.9. The van der Waals surface area contributed by atoms with Gasteiger partial charge < -0.3 is 10.2 Å². The molecule has 0 bridgehead atoms. The number of rotatable bonds is 3. The van der Waals surface area contributed by atoms with Crippen LogP contribution in [0.5, 0.6) is 0 Å². The smallest absolute Gasteiger partial charge is 0.348 e. The third-order valence-corrected chi connectivity index (χ3v) is 3.42. The lowest BCUT2D eigenvalue weighted by atomic mass is 10.0. The van der Waals surface area contributed by atoms with Gasteiger partial charge in [0.25, 0.3) is 0 Å². The highest BCUT2D eigenvalue weighted by atomic mass is 35.5. The number of hydrogen-bond donors (Lipinski definition) is 1. The summed E-state index contributed by atoms with van der Waals surface area (Å²) in [6.07, 6.45) is 2.63. The van der Waals surface area contributed by atoms with Gasteiger partial charge in [0.1, 0.15) is 6.33 Å². The fraction of sp³-hybridized carbons (Fsp3) is 0.545. The lowest BCUT2D eigenvalue weighted by Gasteiger charge is -2.32. The molecule has 0 spiro atoms. The Morgan fingerprint density at radius 3 is 2.70 bits per heavy atom. The van der Waals surface area contributed by atoms with Gasteiger partial charge in [-0.25, -0.2) is 9.97 Å². The van der Waals surface area contributed by atoms with Crippen molar-refractivity contribution in [1.82, 2.24) is 15.3 Å². The second kappa shape index (κ2) is 6.00. The minimum atomic E-state index is -0.572. The molecule has 2 heterocycles. The summed E-state index contributed by atoms with van der Waals surface area (Å²) in [7, 11) is 0. The van der Waals surface area contributed by atoms with Gasteiger partial charge >= 0.3 is 5.69 Å². The summed E-state index contributed by atoms with van der Waals surface area (Å²) in [6.45, 7) is 2.61. The number of hydrogen-bond acceptors (Lipinski definition) is 6. The van der Waals surface area contributed by atoms with Gasteiger partial charge in [-0.05, 0) is 12.8 Å². The highest BCUT2D eigenvalue weighted by molar-refractivity contribution is 6.31. The molecule has 1 aliphatic rings. The molecule has 9 heteroatoms. The van der Waals surface area contributed by atoms with Crippen LogP contribution >= 0.6 is 11.6 Å². The Balaban J connectivity index is 2.13. The van der Waals surface area contributed by atoms with Gasteiger partial charge in [-0.1, -0.05) is 11.6 Å². The van der Waals surface area contributed by atoms with Crippen LogP contribution in [-0.4, -0.2) is 39.9 Å². The van der Waals surface area contributed by atoms with Crippen molar-refractivity contribution in [1.29, 1.82) is 0 Å². The highest BCUT2D eigenvalue weighted by Gasteiger charge is 2.29. The van der Waals surface area contributed by atoms with Crippen LogP contribution in [0.15, 0.2) is 6.33 Å². The first-order chi connectivity index (χ1) is 9.49. The molecule has 1 fully saturated rings. The van der Waals surface area contributed by atoms with Gasteiger partial charge in [0.2, 0.25) is 16.9 Å². The number of carbonyl (C=O) groups excluding carboxylic acids is 1. The molecular formula is C11H14ClN5O3. The van der Waals surface area contributed by atoms with Gasteiger partial charge in [-0.3, -0.25) is 14.9 Å². The summed E-state index contributed by atoms with van der Waals surface area (Å²) < 4.78 is 0. The molecule has 0 radical (unpaired) electrons. The Hall–Kier alpha value is -1.96. The molecule has 20 heavy (non-hydrogen) atoms. The van der Waals surface area contributed by atoms with Gasteiger partial charge in [-0.2, -0.15) is 0 Å². The van der Waals surface area contributed by atoms with Crippen molar-refractivity contribution in [3.05, 3.63) is 21.6 Å². The summed E-state index contributed by atoms with van der Waals surface area (Å²) >= 11 is 5.76. The van der Waals surface area contributed by atoms with Crippen molar-refractivity contribution in [2.75, 3.05) is 18.0 Å². The third-order valence-electron chi connectivity index (χ3n) is 3.14. The summed E-state index contributed by atoms with van der Waals surface area (Å²) in [5.74, 6) is 0.163. The molecule has 1 aromatic heterocycles. The molecule has 2 rings (SSSR count). The molecule has 0 aliphatic carbocycles. The van der Waals surface area contributed by atoms with Crippen molar-refractivity contribution < 1.29 is 9.72 Å². The largest absolute Gasteiger partial charge is 0.353 e. The Morgan fingerprint density at radius 1 is 1.50 bits per heavy atom. The number of anilines is 1. The maximum Gasteiger partial charge on any atom is 0.348 e. The quantitative estimate of drug-likeness (QED) is 0.510. The predicted octanol–water partition coefficient (Wildman–Crippen LogP) is 1.14. The van der Waals surface area contributed by atoms with E-state index in [0.29, 0.717) is 25.9 Å². The molecule has 8 nitrogen and oxygen atoms in total. The van der Waals surface area contributed by atoms with Gasteiger partial charge in [0, 0.05) is 26.1 Å². The lowest BCUT2D eigenvalue weighted by molar-refractivity contribution is -0.384. The van der Waals surface area contributed by atoms with E-state index in [-0.39, 0.29) is 28.6 Å². The van der Waals surface area contributed by atoms with E-state index in [2.05, 4.69) is 15.3 Å². The van der Waals surface area contributed by atoms with Crippen molar-refractivity contribution in [3.8, 4) is 0 Å². The molecule has 0 atom stereocenters. The van der Waals surface area contributed by atoms with Crippen molar-refractivity contribution >= 4 is 29.0 Å². The normalized spacial score (nSPS) is 16.0. The number of nitrogens with zero attached hydrogens (tertiary/aromatic N) is 4. The van der Waals surface area contributed by atoms with Crippen LogP contribution in [0.4, 0.5) is 11.5 Å². The first kappa shape index (κ1) is 14.4. The van der Waals surface area contributed by atoms with Crippen LogP contribution in [0.1, 0.15) is 19.8 Å². The second-order valence-corrected chi connectivity index (χ2v) is 4.91. The zero-order chi connectivity index (χ0) is 14.7. The molecule has 0 unspecified atom stereocenters. The van der Waals surface area contributed by atoms with Crippen molar-refractivity contribution in [3.63, 3.8) is 0 Å². The molecule has 1 aliphatic heterocycles.